The van der Waals surface area contributed by atoms with Crippen molar-refractivity contribution in [2.24, 2.45) is 0 Å². The summed E-state index contributed by atoms with van der Waals surface area (Å²) in [6.07, 6.45) is -3.15. The van der Waals surface area contributed by atoms with Gasteiger partial charge in [0.1, 0.15) is 0 Å². The summed E-state index contributed by atoms with van der Waals surface area (Å²) < 4.78 is 30.9. The SMILES string of the molecule is CCOC(=O)CCc1cccc(CC(=O)O)c1C(F)F. The number of rotatable bonds is 7. The number of aliphatic carboxylic acids is 1. The van der Waals surface area contributed by atoms with Crippen LogP contribution in [0.4, 0.5) is 8.78 Å². The lowest BCUT2D eigenvalue weighted by Crippen LogP contribution is -2.09. The van der Waals surface area contributed by atoms with Gasteiger partial charge in [0, 0.05) is 12.0 Å². The van der Waals surface area contributed by atoms with E-state index in [2.05, 4.69) is 0 Å². The maximum atomic E-state index is 13.1. The minimum Gasteiger partial charge on any atom is -0.481 e. The van der Waals surface area contributed by atoms with Crippen LogP contribution in [0.15, 0.2) is 18.2 Å². The van der Waals surface area contributed by atoms with Crippen LogP contribution in [0.25, 0.3) is 0 Å². The molecule has 0 saturated heterocycles. The molecule has 0 unspecified atom stereocenters. The number of halogens is 2. The Labute approximate surface area is 115 Å². The van der Waals surface area contributed by atoms with E-state index in [0.29, 0.717) is 0 Å². The van der Waals surface area contributed by atoms with Gasteiger partial charge in [-0.3, -0.25) is 9.59 Å². The smallest absolute Gasteiger partial charge is 0.307 e. The monoisotopic (exact) mass is 286 g/mol. The highest BCUT2D eigenvalue weighted by atomic mass is 19.3. The predicted molar refractivity (Wildman–Crippen MR) is 67.7 cm³/mol. The topological polar surface area (TPSA) is 63.6 Å². The van der Waals surface area contributed by atoms with Gasteiger partial charge in [0.2, 0.25) is 0 Å². The number of alkyl halides is 2. The molecule has 0 aliphatic rings. The number of carboxylic acid groups (broad SMARTS) is 1. The van der Waals surface area contributed by atoms with Crippen molar-refractivity contribution in [3.05, 3.63) is 34.9 Å². The second-order valence-electron chi connectivity index (χ2n) is 4.17. The van der Waals surface area contributed by atoms with Crippen LogP contribution < -0.4 is 0 Å². The lowest BCUT2D eigenvalue weighted by molar-refractivity contribution is -0.143. The average molecular weight is 286 g/mol. The van der Waals surface area contributed by atoms with Crippen LogP contribution >= 0.6 is 0 Å². The molecular weight excluding hydrogens is 270 g/mol. The third-order valence-electron chi connectivity index (χ3n) is 2.75. The third kappa shape index (κ3) is 4.60. The summed E-state index contributed by atoms with van der Waals surface area (Å²) in [6.45, 7) is 1.90. The van der Waals surface area contributed by atoms with Gasteiger partial charge in [-0.25, -0.2) is 8.78 Å². The number of hydrogen-bond acceptors (Lipinski definition) is 3. The summed E-state index contributed by atoms with van der Waals surface area (Å²) in [7, 11) is 0. The lowest BCUT2D eigenvalue weighted by Gasteiger charge is -2.13. The molecule has 0 saturated carbocycles. The molecule has 0 spiro atoms. The van der Waals surface area contributed by atoms with Crippen LogP contribution in [0.5, 0.6) is 0 Å². The summed E-state index contributed by atoms with van der Waals surface area (Å²) >= 11 is 0. The van der Waals surface area contributed by atoms with Gasteiger partial charge in [-0.15, -0.1) is 0 Å². The number of benzene rings is 1. The van der Waals surface area contributed by atoms with E-state index in [1.165, 1.54) is 18.2 Å². The van der Waals surface area contributed by atoms with Gasteiger partial charge >= 0.3 is 11.9 Å². The molecular formula is C14H16F2O4. The fourth-order valence-corrected chi connectivity index (χ4v) is 1.95. The van der Waals surface area contributed by atoms with Crippen LogP contribution in [-0.2, 0) is 27.2 Å². The van der Waals surface area contributed by atoms with Gasteiger partial charge in [0.25, 0.3) is 6.43 Å². The fourth-order valence-electron chi connectivity index (χ4n) is 1.95. The molecule has 20 heavy (non-hydrogen) atoms. The quantitative estimate of drug-likeness (QED) is 0.783. The third-order valence-corrected chi connectivity index (χ3v) is 2.75. The number of carboxylic acids is 1. The molecule has 0 bridgehead atoms. The minimum atomic E-state index is -2.78. The van der Waals surface area contributed by atoms with Crippen LogP contribution in [0.3, 0.4) is 0 Å². The normalized spacial score (nSPS) is 10.6. The van der Waals surface area contributed by atoms with Crippen molar-refractivity contribution in [2.75, 3.05) is 6.61 Å². The van der Waals surface area contributed by atoms with Gasteiger partial charge in [-0.1, -0.05) is 18.2 Å². The van der Waals surface area contributed by atoms with E-state index in [-0.39, 0.29) is 36.1 Å². The first-order chi connectivity index (χ1) is 9.45. The Morgan fingerprint density at radius 3 is 2.50 bits per heavy atom. The summed E-state index contributed by atoms with van der Waals surface area (Å²) in [5, 5.41) is 8.73. The van der Waals surface area contributed by atoms with Gasteiger partial charge in [0.05, 0.1) is 13.0 Å². The number of hydrogen-bond donors (Lipinski definition) is 1. The highest BCUT2D eigenvalue weighted by Crippen LogP contribution is 2.28. The van der Waals surface area contributed by atoms with Crippen molar-refractivity contribution in [1.29, 1.82) is 0 Å². The molecule has 1 aromatic rings. The molecule has 110 valence electrons. The average Bonchev–Trinajstić information content (AvgIpc) is 2.35. The van der Waals surface area contributed by atoms with Gasteiger partial charge in [-0.05, 0) is 24.5 Å². The number of carbonyl (C=O) groups is 2. The molecule has 0 radical (unpaired) electrons. The van der Waals surface area contributed by atoms with E-state index in [4.69, 9.17) is 9.84 Å². The zero-order valence-corrected chi connectivity index (χ0v) is 11.1. The summed E-state index contributed by atoms with van der Waals surface area (Å²) in [4.78, 5) is 21.9. The standard InChI is InChI=1S/C14H16F2O4/c1-2-20-12(19)7-6-9-4-3-5-10(8-11(17)18)13(9)14(15)16/h3-5,14H,2,6-8H2,1H3,(H,17,18). The fraction of sp³-hybridized carbons (Fsp3) is 0.429. The first-order valence-corrected chi connectivity index (χ1v) is 6.22. The second kappa shape index (κ2) is 7.57. The molecule has 0 aliphatic heterocycles. The first kappa shape index (κ1) is 16.1. The molecule has 4 nitrogen and oxygen atoms in total. The van der Waals surface area contributed by atoms with E-state index in [1.54, 1.807) is 6.92 Å². The van der Waals surface area contributed by atoms with E-state index < -0.39 is 24.8 Å². The number of carbonyl (C=O) groups excluding carboxylic acids is 1. The maximum absolute atomic E-state index is 13.1. The first-order valence-electron chi connectivity index (χ1n) is 6.22. The molecule has 0 aromatic heterocycles. The van der Waals surface area contributed by atoms with E-state index >= 15 is 0 Å². The van der Waals surface area contributed by atoms with E-state index in [1.807, 2.05) is 0 Å². The van der Waals surface area contributed by atoms with Gasteiger partial charge in [-0.2, -0.15) is 0 Å². The molecule has 0 aliphatic carbocycles. The van der Waals surface area contributed by atoms with Gasteiger partial charge in [0.15, 0.2) is 0 Å². The summed E-state index contributed by atoms with van der Waals surface area (Å²) in [5.74, 6) is -1.63. The van der Waals surface area contributed by atoms with Crippen molar-refractivity contribution >= 4 is 11.9 Å². The Hall–Kier alpha value is -1.98. The molecule has 0 heterocycles. The van der Waals surface area contributed by atoms with Crippen LogP contribution in [-0.4, -0.2) is 23.7 Å². The molecule has 0 atom stereocenters. The Morgan fingerprint density at radius 2 is 1.95 bits per heavy atom. The molecule has 0 amide bonds. The Balaban J connectivity index is 2.94. The van der Waals surface area contributed by atoms with Crippen LogP contribution in [0, 0.1) is 0 Å². The minimum absolute atomic E-state index is 0.00984. The Kier molecular flexibility index (Phi) is 6.09. The Morgan fingerprint density at radius 1 is 1.30 bits per heavy atom. The van der Waals surface area contributed by atoms with Crippen molar-refractivity contribution in [1.82, 2.24) is 0 Å². The number of esters is 1. The molecule has 1 rings (SSSR count). The number of aryl methyl sites for hydroxylation is 1. The van der Waals surface area contributed by atoms with Crippen molar-refractivity contribution < 1.29 is 28.2 Å². The second-order valence-corrected chi connectivity index (χ2v) is 4.17. The summed E-state index contributed by atoms with van der Waals surface area (Å²) in [6, 6.07) is 4.36. The molecule has 6 heteroatoms. The van der Waals surface area contributed by atoms with E-state index in [0.717, 1.165) is 0 Å². The lowest BCUT2D eigenvalue weighted by atomic mass is 9.96. The Bertz CT molecular complexity index is 486. The maximum Gasteiger partial charge on any atom is 0.307 e. The molecule has 0 fully saturated rings. The van der Waals surface area contributed by atoms with E-state index in [9.17, 15) is 18.4 Å². The molecule has 1 N–H and O–H groups in total. The largest absolute Gasteiger partial charge is 0.481 e. The van der Waals surface area contributed by atoms with Crippen LogP contribution in [0.1, 0.15) is 36.5 Å². The highest BCUT2D eigenvalue weighted by molar-refractivity contribution is 5.71. The zero-order valence-electron chi connectivity index (χ0n) is 11.1. The molecule has 1 aromatic carbocycles. The summed E-state index contributed by atoms with van der Waals surface area (Å²) in [5.41, 5.74) is 0.0693. The van der Waals surface area contributed by atoms with Crippen molar-refractivity contribution in [3.63, 3.8) is 0 Å². The van der Waals surface area contributed by atoms with Gasteiger partial charge < -0.3 is 9.84 Å². The highest BCUT2D eigenvalue weighted by Gasteiger charge is 2.19. The van der Waals surface area contributed by atoms with Crippen molar-refractivity contribution in [2.45, 2.75) is 32.6 Å². The van der Waals surface area contributed by atoms with Crippen molar-refractivity contribution in [3.8, 4) is 0 Å². The van der Waals surface area contributed by atoms with Crippen LogP contribution in [0.2, 0.25) is 0 Å². The number of ether oxygens (including phenoxy) is 1. The zero-order chi connectivity index (χ0) is 15.1. The predicted octanol–water partition coefficient (Wildman–Crippen LogP) is 2.75.